The van der Waals surface area contributed by atoms with Crippen LogP contribution in [-0.2, 0) is 14.4 Å². The monoisotopic (exact) mass is 262 g/mol. The van der Waals surface area contributed by atoms with E-state index in [1.165, 1.54) is 0 Å². The molecule has 5 amide bonds. The van der Waals surface area contributed by atoms with E-state index in [0.29, 0.717) is 5.69 Å². The first kappa shape index (κ1) is 12.6. The van der Waals surface area contributed by atoms with Gasteiger partial charge in [0.2, 0.25) is 11.8 Å². The highest BCUT2D eigenvalue weighted by Crippen LogP contribution is 2.05. The van der Waals surface area contributed by atoms with Gasteiger partial charge in [-0.05, 0) is 12.1 Å². The number of carbonyl (C=O) groups is 4. The predicted octanol–water partition coefficient (Wildman–Crippen LogP) is -0.888. The Hall–Kier alpha value is -2.90. The average molecular weight is 262 g/mol. The van der Waals surface area contributed by atoms with Gasteiger partial charge < -0.3 is 0 Å². The van der Waals surface area contributed by atoms with E-state index in [-0.39, 0.29) is 0 Å². The van der Waals surface area contributed by atoms with Gasteiger partial charge in [-0.2, -0.15) is 0 Å². The molecule has 98 valence electrons. The molecule has 0 saturated carbocycles. The van der Waals surface area contributed by atoms with Crippen molar-refractivity contribution in [3.8, 4) is 0 Å². The summed E-state index contributed by atoms with van der Waals surface area (Å²) < 4.78 is 0. The maximum Gasteiger partial charge on any atom is 0.328 e. The van der Waals surface area contributed by atoms with Crippen molar-refractivity contribution in [2.45, 2.75) is 0 Å². The number of urea groups is 1. The largest absolute Gasteiger partial charge is 0.328 e. The molecule has 1 aromatic carbocycles. The fourth-order valence-electron chi connectivity index (χ4n) is 1.48. The van der Waals surface area contributed by atoms with Crippen molar-refractivity contribution in [2.75, 3.05) is 5.43 Å². The molecular formula is C11H10N4O4. The molecule has 0 aromatic heterocycles. The van der Waals surface area contributed by atoms with Crippen molar-refractivity contribution in [1.29, 1.82) is 0 Å². The highest BCUT2D eigenvalue weighted by atomic mass is 16.2. The zero-order valence-corrected chi connectivity index (χ0v) is 9.60. The van der Waals surface area contributed by atoms with Crippen LogP contribution in [0.2, 0.25) is 0 Å². The second kappa shape index (κ2) is 5.17. The van der Waals surface area contributed by atoms with Gasteiger partial charge in [-0.1, -0.05) is 18.2 Å². The lowest BCUT2D eigenvalue weighted by Crippen LogP contribution is -2.60. The van der Waals surface area contributed by atoms with E-state index in [0.717, 1.165) is 0 Å². The van der Waals surface area contributed by atoms with Gasteiger partial charge in [0.1, 0.15) is 0 Å². The summed E-state index contributed by atoms with van der Waals surface area (Å²) in [6.45, 7) is 0. The fraction of sp³-hybridized carbons (Fsp3) is 0.0909. The molecule has 0 spiro atoms. The molecule has 1 fully saturated rings. The van der Waals surface area contributed by atoms with Gasteiger partial charge in [-0.15, -0.1) is 0 Å². The first-order valence-corrected chi connectivity index (χ1v) is 5.34. The minimum atomic E-state index is -1.60. The lowest BCUT2D eigenvalue weighted by atomic mass is 10.1. The van der Waals surface area contributed by atoms with Gasteiger partial charge in [-0.25, -0.2) is 4.79 Å². The number of hydrazine groups is 1. The third-order valence-corrected chi connectivity index (χ3v) is 2.36. The van der Waals surface area contributed by atoms with Gasteiger partial charge >= 0.3 is 6.03 Å². The topological polar surface area (TPSA) is 116 Å². The molecule has 0 atom stereocenters. The molecule has 1 aliphatic rings. The van der Waals surface area contributed by atoms with Crippen molar-refractivity contribution in [2.24, 2.45) is 5.92 Å². The first-order chi connectivity index (χ1) is 9.08. The zero-order valence-electron chi connectivity index (χ0n) is 9.60. The van der Waals surface area contributed by atoms with Crippen molar-refractivity contribution in [3.05, 3.63) is 30.3 Å². The number of anilines is 1. The second-order valence-corrected chi connectivity index (χ2v) is 3.72. The van der Waals surface area contributed by atoms with E-state index in [1.807, 2.05) is 10.6 Å². The van der Waals surface area contributed by atoms with Crippen LogP contribution in [-0.4, -0.2) is 23.8 Å². The number of nitrogens with one attached hydrogen (secondary N) is 4. The zero-order chi connectivity index (χ0) is 13.8. The Morgan fingerprint density at radius 3 is 2.16 bits per heavy atom. The van der Waals surface area contributed by atoms with Crippen LogP contribution in [0.4, 0.5) is 10.5 Å². The van der Waals surface area contributed by atoms with Crippen LogP contribution in [0.3, 0.4) is 0 Å². The van der Waals surface area contributed by atoms with E-state index < -0.39 is 29.7 Å². The van der Waals surface area contributed by atoms with E-state index in [2.05, 4.69) is 10.9 Å². The second-order valence-electron chi connectivity index (χ2n) is 3.72. The average Bonchev–Trinajstić information content (AvgIpc) is 2.36. The fourth-order valence-corrected chi connectivity index (χ4v) is 1.48. The minimum Gasteiger partial charge on any atom is -0.299 e. The van der Waals surface area contributed by atoms with Gasteiger partial charge in [0.25, 0.3) is 5.91 Å². The number of rotatable bonds is 3. The van der Waals surface area contributed by atoms with Crippen molar-refractivity contribution < 1.29 is 19.2 Å². The van der Waals surface area contributed by atoms with E-state index >= 15 is 0 Å². The molecule has 0 radical (unpaired) electrons. The Labute approximate surface area is 107 Å². The molecule has 0 aliphatic carbocycles. The lowest BCUT2D eigenvalue weighted by molar-refractivity contribution is -0.142. The number of carbonyl (C=O) groups excluding carboxylic acids is 4. The van der Waals surface area contributed by atoms with Crippen LogP contribution < -0.4 is 21.5 Å². The molecule has 1 aliphatic heterocycles. The number of imide groups is 2. The van der Waals surface area contributed by atoms with E-state index in [9.17, 15) is 19.2 Å². The Bertz CT molecular complexity index is 523. The van der Waals surface area contributed by atoms with Crippen LogP contribution in [0.5, 0.6) is 0 Å². The standard InChI is InChI=1S/C11H10N4O4/c16-8-7(9(17)13-11(19)12-8)10(18)15-14-6-4-2-1-3-5-6/h1-5,7,14H,(H,15,18)(H2,12,13,16,17,19). The summed E-state index contributed by atoms with van der Waals surface area (Å²) in [4.78, 5) is 45.3. The maximum atomic E-state index is 11.7. The normalized spacial score (nSPS) is 15.5. The number of hydrogen-bond acceptors (Lipinski definition) is 5. The molecule has 0 bridgehead atoms. The third kappa shape index (κ3) is 2.86. The van der Waals surface area contributed by atoms with Crippen molar-refractivity contribution in [1.82, 2.24) is 16.1 Å². The quantitative estimate of drug-likeness (QED) is 0.416. The highest BCUT2D eigenvalue weighted by molar-refractivity contribution is 6.26. The van der Waals surface area contributed by atoms with Gasteiger partial charge in [0, 0.05) is 0 Å². The Morgan fingerprint density at radius 2 is 1.58 bits per heavy atom. The predicted molar refractivity (Wildman–Crippen MR) is 63.4 cm³/mol. The van der Waals surface area contributed by atoms with Crippen LogP contribution in [0.15, 0.2) is 30.3 Å². The summed E-state index contributed by atoms with van der Waals surface area (Å²) in [6, 6.07) is 7.71. The number of barbiturate groups is 1. The smallest absolute Gasteiger partial charge is 0.299 e. The van der Waals surface area contributed by atoms with Crippen LogP contribution in [0.25, 0.3) is 0 Å². The SMILES string of the molecule is O=C1NC(=O)C(C(=O)NNc2ccccc2)C(=O)N1. The summed E-state index contributed by atoms with van der Waals surface area (Å²) in [5.41, 5.74) is 5.36. The van der Waals surface area contributed by atoms with Crippen molar-refractivity contribution >= 4 is 29.4 Å². The third-order valence-electron chi connectivity index (χ3n) is 2.36. The number of para-hydroxylation sites is 1. The maximum absolute atomic E-state index is 11.7. The molecule has 8 heteroatoms. The Balaban J connectivity index is 1.98. The number of benzene rings is 1. The summed E-state index contributed by atoms with van der Waals surface area (Å²) in [7, 11) is 0. The summed E-state index contributed by atoms with van der Waals surface area (Å²) in [5.74, 6) is -4.37. The highest BCUT2D eigenvalue weighted by Gasteiger charge is 2.39. The van der Waals surface area contributed by atoms with Gasteiger partial charge in [-0.3, -0.25) is 35.9 Å². The van der Waals surface area contributed by atoms with Gasteiger partial charge in [0.15, 0.2) is 5.92 Å². The van der Waals surface area contributed by atoms with E-state index in [1.54, 1.807) is 30.3 Å². The molecule has 8 nitrogen and oxygen atoms in total. The molecule has 19 heavy (non-hydrogen) atoms. The number of hydrogen-bond donors (Lipinski definition) is 4. The van der Waals surface area contributed by atoms with Crippen LogP contribution in [0.1, 0.15) is 0 Å². The van der Waals surface area contributed by atoms with Gasteiger partial charge in [0.05, 0.1) is 5.69 Å². The molecule has 1 saturated heterocycles. The van der Waals surface area contributed by atoms with Crippen LogP contribution in [0, 0.1) is 5.92 Å². The Kier molecular flexibility index (Phi) is 3.42. The van der Waals surface area contributed by atoms with Crippen molar-refractivity contribution in [3.63, 3.8) is 0 Å². The van der Waals surface area contributed by atoms with E-state index in [4.69, 9.17) is 0 Å². The summed E-state index contributed by atoms with van der Waals surface area (Å²) in [5, 5.41) is 3.68. The first-order valence-electron chi connectivity index (χ1n) is 5.34. The molecule has 0 unspecified atom stereocenters. The Morgan fingerprint density at radius 1 is 1.00 bits per heavy atom. The van der Waals surface area contributed by atoms with Crippen LogP contribution >= 0.6 is 0 Å². The molecule has 4 N–H and O–H groups in total. The minimum absolute atomic E-state index is 0.587. The molecule has 2 rings (SSSR count). The molecule has 1 aromatic rings. The summed E-state index contributed by atoms with van der Waals surface area (Å²) in [6.07, 6.45) is 0. The molecular weight excluding hydrogens is 252 g/mol. The number of amides is 5. The summed E-state index contributed by atoms with van der Waals surface area (Å²) >= 11 is 0. The molecule has 1 heterocycles. The lowest BCUT2D eigenvalue weighted by Gasteiger charge is -2.20.